The quantitative estimate of drug-likeness (QED) is 0.854. The maximum absolute atomic E-state index is 10.4. The van der Waals surface area contributed by atoms with E-state index in [1.807, 2.05) is 35.8 Å². The van der Waals surface area contributed by atoms with Crippen LogP contribution in [0.25, 0.3) is 11.0 Å². The fraction of sp³-hybridized carbons (Fsp3) is 0.333. The van der Waals surface area contributed by atoms with Gasteiger partial charge in [0.1, 0.15) is 19.0 Å². The normalized spacial score (nSPS) is 10.9. The van der Waals surface area contributed by atoms with Gasteiger partial charge in [0.15, 0.2) is 0 Å². The zero-order valence-electron chi connectivity index (χ0n) is 9.59. The van der Waals surface area contributed by atoms with Crippen LogP contribution in [0.3, 0.4) is 0 Å². The first-order valence-corrected chi connectivity index (χ1v) is 5.46. The summed E-state index contributed by atoms with van der Waals surface area (Å²) in [6.45, 7) is 2.73. The minimum atomic E-state index is -0.968. The maximum Gasteiger partial charge on any atom is 0.329 e. The van der Waals surface area contributed by atoms with Crippen molar-refractivity contribution in [2.24, 2.45) is 0 Å². The number of hydrogen-bond donors (Lipinski definition) is 1. The molecule has 0 radical (unpaired) electrons. The van der Waals surface area contributed by atoms with Crippen molar-refractivity contribution in [3.8, 4) is 0 Å². The van der Waals surface area contributed by atoms with Crippen molar-refractivity contribution in [3.05, 3.63) is 30.1 Å². The van der Waals surface area contributed by atoms with E-state index in [0.29, 0.717) is 0 Å². The Kier molecular flexibility index (Phi) is 3.39. The molecule has 0 unspecified atom stereocenters. The summed E-state index contributed by atoms with van der Waals surface area (Å²) in [7, 11) is 0. The Balaban J connectivity index is 2.24. The molecule has 2 aromatic rings. The number of benzene rings is 1. The van der Waals surface area contributed by atoms with E-state index in [1.165, 1.54) is 0 Å². The number of hydrogen-bond acceptors (Lipinski definition) is 3. The van der Waals surface area contributed by atoms with E-state index in [0.717, 1.165) is 23.4 Å². The number of imidazole rings is 1. The van der Waals surface area contributed by atoms with Crippen LogP contribution >= 0.6 is 0 Å². The summed E-state index contributed by atoms with van der Waals surface area (Å²) < 4.78 is 7.10. The lowest BCUT2D eigenvalue weighted by Crippen LogP contribution is -2.10. The zero-order valence-corrected chi connectivity index (χ0v) is 9.59. The third kappa shape index (κ3) is 2.45. The summed E-state index contributed by atoms with van der Waals surface area (Å²) in [5.74, 6) is -0.209. The van der Waals surface area contributed by atoms with Crippen LogP contribution in [-0.2, 0) is 22.7 Å². The Labute approximate surface area is 98.6 Å². The highest BCUT2D eigenvalue weighted by Gasteiger charge is 2.09. The number of fused-ring (bicyclic) bond motifs is 1. The van der Waals surface area contributed by atoms with Gasteiger partial charge in [-0.3, -0.25) is 0 Å². The molecule has 5 nitrogen and oxygen atoms in total. The summed E-state index contributed by atoms with van der Waals surface area (Å²) in [6, 6.07) is 7.81. The van der Waals surface area contributed by atoms with E-state index >= 15 is 0 Å². The van der Waals surface area contributed by atoms with Crippen molar-refractivity contribution in [2.45, 2.75) is 20.1 Å². The van der Waals surface area contributed by atoms with Gasteiger partial charge in [-0.2, -0.15) is 0 Å². The highest BCUT2D eigenvalue weighted by atomic mass is 16.5. The fourth-order valence-corrected chi connectivity index (χ4v) is 1.82. The van der Waals surface area contributed by atoms with Gasteiger partial charge >= 0.3 is 5.97 Å². The van der Waals surface area contributed by atoms with Gasteiger partial charge in [-0.05, 0) is 19.1 Å². The van der Waals surface area contributed by atoms with E-state index in [2.05, 4.69) is 4.98 Å². The Morgan fingerprint density at radius 1 is 1.47 bits per heavy atom. The standard InChI is InChI=1S/C12H14N2O3/c1-2-14-10-6-4-3-5-9(10)13-11(14)7-17-8-12(15)16/h3-6H,2,7-8H2,1H3,(H,15,16). The lowest BCUT2D eigenvalue weighted by molar-refractivity contribution is -0.142. The van der Waals surface area contributed by atoms with Crippen LogP contribution in [0.1, 0.15) is 12.7 Å². The molecule has 0 bridgehead atoms. The summed E-state index contributed by atoms with van der Waals surface area (Å²) in [6.07, 6.45) is 0. The van der Waals surface area contributed by atoms with Crippen molar-refractivity contribution in [2.75, 3.05) is 6.61 Å². The summed E-state index contributed by atoms with van der Waals surface area (Å²) in [5.41, 5.74) is 1.95. The molecule has 0 aliphatic carbocycles. The van der Waals surface area contributed by atoms with Crippen molar-refractivity contribution in [1.29, 1.82) is 0 Å². The second-order valence-corrected chi connectivity index (χ2v) is 3.65. The van der Waals surface area contributed by atoms with E-state index in [9.17, 15) is 4.79 Å². The SMILES string of the molecule is CCn1c(COCC(=O)O)nc2ccccc21. The molecule has 0 aliphatic heterocycles. The van der Waals surface area contributed by atoms with Gasteiger partial charge in [-0.1, -0.05) is 12.1 Å². The number of ether oxygens (including phenoxy) is 1. The van der Waals surface area contributed by atoms with Gasteiger partial charge in [0.05, 0.1) is 11.0 Å². The number of para-hydroxylation sites is 2. The first-order chi connectivity index (χ1) is 8.22. The third-order valence-corrected chi connectivity index (χ3v) is 2.51. The van der Waals surface area contributed by atoms with Gasteiger partial charge in [0.2, 0.25) is 0 Å². The Morgan fingerprint density at radius 2 is 2.24 bits per heavy atom. The minimum absolute atomic E-state index is 0.217. The molecule has 1 aromatic carbocycles. The average molecular weight is 234 g/mol. The van der Waals surface area contributed by atoms with Crippen LogP contribution < -0.4 is 0 Å². The van der Waals surface area contributed by atoms with Crippen molar-refractivity contribution in [1.82, 2.24) is 9.55 Å². The van der Waals surface area contributed by atoms with Crippen LogP contribution in [0.4, 0.5) is 0 Å². The highest BCUT2D eigenvalue weighted by molar-refractivity contribution is 5.75. The first kappa shape index (κ1) is 11.6. The Bertz CT molecular complexity index is 534. The van der Waals surface area contributed by atoms with E-state index in [1.54, 1.807) is 0 Å². The number of carbonyl (C=O) groups is 1. The topological polar surface area (TPSA) is 64.3 Å². The van der Waals surface area contributed by atoms with Crippen molar-refractivity contribution >= 4 is 17.0 Å². The van der Waals surface area contributed by atoms with Gasteiger partial charge in [0.25, 0.3) is 0 Å². The molecule has 1 N–H and O–H groups in total. The van der Waals surface area contributed by atoms with Crippen LogP contribution in [0, 0.1) is 0 Å². The molecule has 1 heterocycles. The highest BCUT2D eigenvalue weighted by Crippen LogP contribution is 2.16. The van der Waals surface area contributed by atoms with E-state index in [-0.39, 0.29) is 13.2 Å². The van der Waals surface area contributed by atoms with Crippen molar-refractivity contribution in [3.63, 3.8) is 0 Å². The maximum atomic E-state index is 10.4. The predicted molar refractivity (Wildman–Crippen MR) is 62.7 cm³/mol. The Hall–Kier alpha value is -1.88. The molecule has 0 aliphatic rings. The molecule has 2 rings (SSSR count). The molecule has 90 valence electrons. The number of nitrogens with zero attached hydrogens (tertiary/aromatic N) is 2. The Morgan fingerprint density at radius 3 is 2.94 bits per heavy atom. The second-order valence-electron chi connectivity index (χ2n) is 3.65. The number of carboxylic acids is 1. The third-order valence-electron chi connectivity index (χ3n) is 2.51. The summed E-state index contributed by atoms with van der Waals surface area (Å²) in [4.78, 5) is 14.8. The summed E-state index contributed by atoms with van der Waals surface area (Å²) in [5, 5.41) is 8.51. The van der Waals surface area contributed by atoms with Gasteiger partial charge < -0.3 is 14.4 Å². The molecule has 0 atom stereocenters. The lowest BCUT2D eigenvalue weighted by Gasteiger charge is -2.05. The number of aryl methyl sites for hydroxylation is 1. The molecule has 1 aromatic heterocycles. The smallest absolute Gasteiger partial charge is 0.329 e. The molecule has 17 heavy (non-hydrogen) atoms. The number of carboxylic acid groups (broad SMARTS) is 1. The van der Waals surface area contributed by atoms with Crippen LogP contribution in [0.15, 0.2) is 24.3 Å². The molecule has 0 fully saturated rings. The molecule has 0 saturated heterocycles. The minimum Gasteiger partial charge on any atom is -0.480 e. The molecule has 0 spiro atoms. The van der Waals surface area contributed by atoms with Crippen LogP contribution in [0.5, 0.6) is 0 Å². The van der Waals surface area contributed by atoms with Crippen molar-refractivity contribution < 1.29 is 14.6 Å². The molecule has 5 heteroatoms. The lowest BCUT2D eigenvalue weighted by atomic mass is 10.3. The molecule has 0 amide bonds. The largest absolute Gasteiger partial charge is 0.480 e. The first-order valence-electron chi connectivity index (χ1n) is 5.46. The van der Waals surface area contributed by atoms with E-state index in [4.69, 9.17) is 9.84 Å². The number of aromatic nitrogens is 2. The summed E-state index contributed by atoms with van der Waals surface area (Å²) >= 11 is 0. The fourth-order valence-electron chi connectivity index (χ4n) is 1.82. The van der Waals surface area contributed by atoms with Gasteiger partial charge in [0, 0.05) is 6.54 Å². The van der Waals surface area contributed by atoms with E-state index < -0.39 is 5.97 Å². The molecular weight excluding hydrogens is 220 g/mol. The molecular formula is C12H14N2O3. The van der Waals surface area contributed by atoms with Gasteiger partial charge in [-0.15, -0.1) is 0 Å². The predicted octanol–water partition coefficient (Wildman–Crippen LogP) is 1.66. The van der Waals surface area contributed by atoms with Gasteiger partial charge in [-0.25, -0.2) is 9.78 Å². The second kappa shape index (κ2) is 4.97. The number of aliphatic carboxylic acids is 1. The molecule has 0 saturated carbocycles. The monoisotopic (exact) mass is 234 g/mol. The number of rotatable bonds is 5. The zero-order chi connectivity index (χ0) is 12.3. The van der Waals surface area contributed by atoms with Crippen LogP contribution in [-0.4, -0.2) is 27.2 Å². The average Bonchev–Trinajstić information content (AvgIpc) is 2.66. The van der Waals surface area contributed by atoms with Crippen LogP contribution in [0.2, 0.25) is 0 Å².